The molecule has 0 aliphatic heterocycles. The van der Waals surface area contributed by atoms with Gasteiger partial charge in [0.1, 0.15) is 5.01 Å². The lowest BCUT2D eigenvalue weighted by Gasteiger charge is -2.07. The molecule has 8 heteroatoms. The van der Waals surface area contributed by atoms with Crippen LogP contribution in [0.2, 0.25) is 0 Å². The van der Waals surface area contributed by atoms with Crippen LogP contribution in [0.5, 0.6) is 0 Å². The fraction of sp³-hybridized carbons (Fsp3) is 0.308. The van der Waals surface area contributed by atoms with Crippen molar-refractivity contribution >= 4 is 17.0 Å². The number of nitro benzene ring substituents is 1. The number of hydrogen-bond donors (Lipinski definition) is 0. The van der Waals surface area contributed by atoms with E-state index in [2.05, 4.69) is 4.98 Å². The van der Waals surface area contributed by atoms with Crippen LogP contribution in [-0.2, 0) is 6.18 Å². The molecule has 2 rings (SSSR count). The summed E-state index contributed by atoms with van der Waals surface area (Å²) in [6.45, 7) is 3.83. The minimum absolute atomic E-state index is 0.102. The molecule has 2 aromatic rings. The predicted octanol–water partition coefficient (Wildman–Crippen LogP) is 4.86. The van der Waals surface area contributed by atoms with Crippen LogP contribution in [0.25, 0.3) is 10.6 Å². The van der Waals surface area contributed by atoms with E-state index in [-0.39, 0.29) is 11.5 Å². The molecule has 1 heterocycles. The first kappa shape index (κ1) is 15.4. The van der Waals surface area contributed by atoms with Crippen LogP contribution in [0.3, 0.4) is 0 Å². The summed E-state index contributed by atoms with van der Waals surface area (Å²) >= 11 is 1.18. The van der Waals surface area contributed by atoms with Gasteiger partial charge in [-0.2, -0.15) is 13.2 Å². The summed E-state index contributed by atoms with van der Waals surface area (Å²) in [4.78, 5) is 14.5. The molecule has 0 aliphatic carbocycles. The average molecular weight is 316 g/mol. The summed E-state index contributed by atoms with van der Waals surface area (Å²) in [6, 6.07) is 2.48. The fourth-order valence-corrected chi connectivity index (χ4v) is 2.73. The Morgan fingerprint density at radius 1 is 1.33 bits per heavy atom. The Hall–Kier alpha value is -1.96. The van der Waals surface area contributed by atoms with Crippen molar-refractivity contribution < 1.29 is 18.1 Å². The van der Waals surface area contributed by atoms with Crippen LogP contribution < -0.4 is 0 Å². The largest absolute Gasteiger partial charge is 0.416 e. The Morgan fingerprint density at radius 2 is 2.00 bits per heavy atom. The molecule has 0 unspecified atom stereocenters. The van der Waals surface area contributed by atoms with E-state index >= 15 is 0 Å². The first-order valence-electron chi connectivity index (χ1n) is 6.01. The van der Waals surface area contributed by atoms with E-state index < -0.39 is 22.4 Å². The number of rotatable bonds is 3. The molecular formula is C13H11F3N2O2S. The zero-order chi connectivity index (χ0) is 15.8. The van der Waals surface area contributed by atoms with E-state index in [0.717, 1.165) is 17.8 Å². The predicted molar refractivity (Wildman–Crippen MR) is 73.3 cm³/mol. The van der Waals surface area contributed by atoms with Gasteiger partial charge in [-0.05, 0) is 18.1 Å². The monoisotopic (exact) mass is 316 g/mol. The summed E-state index contributed by atoms with van der Waals surface area (Å²) < 4.78 is 37.9. The lowest BCUT2D eigenvalue weighted by molar-refractivity contribution is -0.384. The van der Waals surface area contributed by atoms with E-state index in [9.17, 15) is 23.3 Å². The summed E-state index contributed by atoms with van der Waals surface area (Å²) in [5, 5.41) is 13.1. The van der Waals surface area contributed by atoms with E-state index in [1.54, 1.807) is 5.38 Å². The number of thiazole rings is 1. The fourth-order valence-electron chi connectivity index (χ4n) is 1.71. The molecule has 0 fully saturated rings. The number of alkyl halides is 3. The van der Waals surface area contributed by atoms with Crippen molar-refractivity contribution in [2.75, 3.05) is 0 Å². The van der Waals surface area contributed by atoms with Gasteiger partial charge in [-0.1, -0.05) is 13.8 Å². The molecule has 0 amide bonds. The molecule has 0 N–H and O–H groups in total. The summed E-state index contributed by atoms with van der Waals surface area (Å²) in [5.74, 6) is 0.142. The third-order valence-electron chi connectivity index (χ3n) is 2.87. The Morgan fingerprint density at radius 3 is 2.48 bits per heavy atom. The molecule has 0 spiro atoms. The van der Waals surface area contributed by atoms with E-state index in [0.29, 0.717) is 11.1 Å². The van der Waals surface area contributed by atoms with E-state index in [1.165, 1.54) is 11.3 Å². The van der Waals surface area contributed by atoms with E-state index in [1.807, 2.05) is 13.8 Å². The van der Waals surface area contributed by atoms with Gasteiger partial charge in [0, 0.05) is 11.4 Å². The molecule has 0 atom stereocenters. The SMILES string of the molecule is CC(C)c1csc(-c2ccc(C(F)(F)F)cc2[N+](=O)[O-])n1. The molecule has 1 aromatic carbocycles. The lowest BCUT2D eigenvalue weighted by Crippen LogP contribution is -2.06. The number of halogens is 3. The molecule has 0 radical (unpaired) electrons. The van der Waals surface area contributed by atoms with Gasteiger partial charge in [-0.15, -0.1) is 11.3 Å². The maximum Gasteiger partial charge on any atom is 0.416 e. The zero-order valence-electron chi connectivity index (χ0n) is 11.1. The van der Waals surface area contributed by atoms with Gasteiger partial charge in [0.2, 0.25) is 0 Å². The number of nitrogens with zero attached hydrogens (tertiary/aromatic N) is 2. The van der Waals surface area contributed by atoms with Crippen LogP contribution in [0, 0.1) is 10.1 Å². The minimum atomic E-state index is -4.62. The van der Waals surface area contributed by atoms with Crippen LogP contribution in [0.1, 0.15) is 31.0 Å². The first-order valence-corrected chi connectivity index (χ1v) is 6.89. The lowest BCUT2D eigenvalue weighted by atomic mass is 10.1. The van der Waals surface area contributed by atoms with Crippen molar-refractivity contribution in [2.24, 2.45) is 0 Å². The Balaban J connectivity index is 2.55. The topological polar surface area (TPSA) is 56.0 Å². The van der Waals surface area contributed by atoms with Gasteiger partial charge in [-0.25, -0.2) is 4.98 Å². The average Bonchev–Trinajstić information content (AvgIpc) is 2.86. The van der Waals surface area contributed by atoms with Gasteiger partial charge in [0.15, 0.2) is 0 Å². The highest BCUT2D eigenvalue weighted by atomic mass is 32.1. The normalized spacial score (nSPS) is 11.9. The van der Waals surface area contributed by atoms with Gasteiger partial charge in [0.25, 0.3) is 5.69 Å². The van der Waals surface area contributed by atoms with Crippen molar-refractivity contribution in [3.05, 3.63) is 45.0 Å². The number of aromatic nitrogens is 1. The molecule has 0 saturated carbocycles. The third-order valence-corrected chi connectivity index (χ3v) is 3.76. The van der Waals surface area contributed by atoms with Gasteiger partial charge >= 0.3 is 6.18 Å². The van der Waals surface area contributed by atoms with Crippen LogP contribution in [0.4, 0.5) is 18.9 Å². The zero-order valence-corrected chi connectivity index (χ0v) is 12.0. The van der Waals surface area contributed by atoms with Crippen LogP contribution >= 0.6 is 11.3 Å². The quantitative estimate of drug-likeness (QED) is 0.600. The van der Waals surface area contributed by atoms with Gasteiger partial charge in [0.05, 0.1) is 21.7 Å². The Bertz CT molecular complexity index is 680. The smallest absolute Gasteiger partial charge is 0.258 e. The highest BCUT2D eigenvalue weighted by Crippen LogP contribution is 2.38. The molecule has 0 bridgehead atoms. The van der Waals surface area contributed by atoms with Crippen LogP contribution in [-0.4, -0.2) is 9.91 Å². The van der Waals surface area contributed by atoms with Crippen molar-refractivity contribution in [3.8, 4) is 10.6 Å². The standard InChI is InChI=1S/C13H11F3N2O2S/c1-7(2)10-6-21-12(17-10)9-4-3-8(13(14,15)16)5-11(9)18(19)20/h3-7H,1-2H3. The Kier molecular flexibility index (Phi) is 3.99. The maximum absolute atomic E-state index is 12.6. The molecule has 1 aromatic heterocycles. The van der Waals surface area contributed by atoms with Crippen molar-refractivity contribution in [1.29, 1.82) is 0 Å². The first-order chi connectivity index (χ1) is 9.70. The van der Waals surface area contributed by atoms with E-state index in [4.69, 9.17) is 0 Å². The highest BCUT2D eigenvalue weighted by Gasteiger charge is 2.33. The van der Waals surface area contributed by atoms with Crippen molar-refractivity contribution in [3.63, 3.8) is 0 Å². The molecule has 112 valence electrons. The van der Waals surface area contributed by atoms with Crippen molar-refractivity contribution in [2.45, 2.75) is 25.9 Å². The summed E-state index contributed by atoms with van der Waals surface area (Å²) in [6.07, 6.45) is -4.62. The van der Waals surface area contributed by atoms with Gasteiger partial charge in [-0.3, -0.25) is 10.1 Å². The number of benzene rings is 1. The number of nitro groups is 1. The second-order valence-electron chi connectivity index (χ2n) is 4.72. The number of hydrogen-bond acceptors (Lipinski definition) is 4. The van der Waals surface area contributed by atoms with Crippen molar-refractivity contribution in [1.82, 2.24) is 4.98 Å². The highest BCUT2D eigenvalue weighted by molar-refractivity contribution is 7.13. The van der Waals surface area contributed by atoms with Crippen LogP contribution in [0.15, 0.2) is 23.6 Å². The third kappa shape index (κ3) is 3.21. The summed E-state index contributed by atoms with van der Waals surface area (Å²) in [7, 11) is 0. The molecule has 0 aliphatic rings. The molecule has 21 heavy (non-hydrogen) atoms. The molecular weight excluding hydrogens is 305 g/mol. The minimum Gasteiger partial charge on any atom is -0.258 e. The second kappa shape index (κ2) is 5.44. The van der Waals surface area contributed by atoms with Gasteiger partial charge < -0.3 is 0 Å². The molecule has 0 saturated heterocycles. The Labute approximate surface area is 122 Å². The summed E-state index contributed by atoms with van der Waals surface area (Å²) in [5.41, 5.74) is -0.776. The maximum atomic E-state index is 12.6. The molecule has 4 nitrogen and oxygen atoms in total. The second-order valence-corrected chi connectivity index (χ2v) is 5.58.